The van der Waals surface area contributed by atoms with E-state index >= 15 is 0 Å². The van der Waals surface area contributed by atoms with E-state index in [0.717, 1.165) is 38.8 Å². The molecular weight excluding hydrogens is 464 g/mol. The molecule has 35 heavy (non-hydrogen) atoms. The Kier molecular flexibility index (Phi) is 6.05. The van der Waals surface area contributed by atoms with Gasteiger partial charge in [0.2, 0.25) is 5.76 Å². The van der Waals surface area contributed by atoms with Gasteiger partial charge in [-0.1, -0.05) is 48.5 Å². The van der Waals surface area contributed by atoms with Crippen molar-refractivity contribution >= 4 is 45.9 Å². The Labute approximate surface area is 206 Å². The Bertz CT molecular complexity index is 1480. The number of rotatable bonds is 6. The molecule has 0 N–H and O–H groups in total. The van der Waals surface area contributed by atoms with E-state index in [1.54, 1.807) is 12.1 Å². The van der Waals surface area contributed by atoms with Crippen molar-refractivity contribution in [3.63, 3.8) is 0 Å². The third-order valence-corrected chi connectivity index (χ3v) is 6.88. The molecule has 2 aromatic carbocycles. The van der Waals surface area contributed by atoms with Crippen LogP contribution in [0.25, 0.3) is 17.0 Å². The summed E-state index contributed by atoms with van der Waals surface area (Å²) in [6.45, 7) is 2.66. The number of fused-ring (bicyclic) bond motifs is 1. The molecule has 0 spiro atoms. The number of methoxy groups -OCH3 is 1. The molecule has 1 saturated heterocycles. The second kappa shape index (κ2) is 9.31. The molecule has 1 aliphatic heterocycles. The van der Waals surface area contributed by atoms with Crippen LogP contribution in [0.1, 0.15) is 33.1 Å². The summed E-state index contributed by atoms with van der Waals surface area (Å²) in [4.78, 5) is 38.9. The molecular formula is C27H22N2O5S. The summed E-state index contributed by atoms with van der Waals surface area (Å²) in [5.41, 5.74) is 4.15. The highest BCUT2D eigenvalue weighted by atomic mass is 32.2. The molecule has 2 aromatic heterocycles. The summed E-state index contributed by atoms with van der Waals surface area (Å²) in [6, 6.07) is 21.2. The van der Waals surface area contributed by atoms with E-state index in [9.17, 15) is 14.4 Å². The minimum atomic E-state index is -0.618. The van der Waals surface area contributed by atoms with Crippen molar-refractivity contribution in [1.82, 2.24) is 9.47 Å². The fourth-order valence-electron chi connectivity index (χ4n) is 4.21. The van der Waals surface area contributed by atoms with E-state index in [0.29, 0.717) is 17.2 Å². The van der Waals surface area contributed by atoms with Crippen LogP contribution in [0.4, 0.5) is 4.79 Å². The Hall–Kier alpha value is -4.04. The van der Waals surface area contributed by atoms with Crippen molar-refractivity contribution in [1.29, 1.82) is 0 Å². The fraction of sp³-hybridized carbons (Fsp3) is 0.148. The molecule has 2 amide bonds. The van der Waals surface area contributed by atoms with E-state index in [1.807, 2.05) is 43.3 Å². The van der Waals surface area contributed by atoms with Crippen LogP contribution in [0.3, 0.4) is 0 Å². The second-order valence-corrected chi connectivity index (χ2v) is 9.11. The van der Waals surface area contributed by atoms with Crippen LogP contribution in [-0.2, 0) is 22.6 Å². The first-order valence-electron chi connectivity index (χ1n) is 11.0. The number of para-hydroxylation sites is 1. The Morgan fingerprint density at radius 1 is 1.00 bits per heavy atom. The number of furan rings is 1. The average Bonchev–Trinajstić information content (AvgIpc) is 3.53. The first kappa shape index (κ1) is 22.7. The van der Waals surface area contributed by atoms with Crippen molar-refractivity contribution in [2.24, 2.45) is 0 Å². The summed E-state index contributed by atoms with van der Waals surface area (Å²) < 4.78 is 12.3. The number of nitrogens with zero attached hydrogens (tertiary/aromatic N) is 2. The Morgan fingerprint density at radius 3 is 2.51 bits per heavy atom. The van der Waals surface area contributed by atoms with Crippen LogP contribution in [0.2, 0.25) is 0 Å². The Balaban J connectivity index is 1.46. The number of amides is 2. The van der Waals surface area contributed by atoms with Crippen LogP contribution in [0, 0.1) is 6.92 Å². The zero-order chi connectivity index (χ0) is 24.5. The summed E-state index contributed by atoms with van der Waals surface area (Å²) in [7, 11) is 1.25. The molecule has 8 heteroatoms. The van der Waals surface area contributed by atoms with Crippen LogP contribution in [0.15, 0.2) is 76.1 Å². The fourth-order valence-corrected chi connectivity index (χ4v) is 5.03. The van der Waals surface area contributed by atoms with Crippen molar-refractivity contribution in [3.8, 4) is 0 Å². The van der Waals surface area contributed by atoms with Gasteiger partial charge in [0, 0.05) is 28.7 Å². The number of carbonyl (C=O) groups excluding carboxylic acids is 3. The summed E-state index contributed by atoms with van der Waals surface area (Å²) >= 11 is 0.900. The van der Waals surface area contributed by atoms with Crippen LogP contribution < -0.4 is 0 Å². The number of aromatic nitrogens is 1. The van der Waals surface area contributed by atoms with E-state index in [2.05, 4.69) is 27.5 Å². The van der Waals surface area contributed by atoms with Gasteiger partial charge in [-0.05, 0) is 48.5 Å². The number of esters is 1. The molecule has 3 heterocycles. The second-order valence-electron chi connectivity index (χ2n) is 8.11. The van der Waals surface area contributed by atoms with Crippen LogP contribution in [0.5, 0.6) is 0 Å². The molecule has 0 unspecified atom stereocenters. The van der Waals surface area contributed by atoms with Gasteiger partial charge in [0.1, 0.15) is 5.76 Å². The van der Waals surface area contributed by atoms with Crippen molar-refractivity contribution in [2.75, 3.05) is 7.11 Å². The van der Waals surface area contributed by atoms with Gasteiger partial charge in [0.15, 0.2) is 0 Å². The van der Waals surface area contributed by atoms with E-state index < -0.39 is 11.9 Å². The van der Waals surface area contributed by atoms with Crippen LogP contribution in [-0.4, -0.2) is 33.7 Å². The van der Waals surface area contributed by atoms with Gasteiger partial charge in [-0.2, -0.15) is 0 Å². The molecule has 1 fully saturated rings. The molecule has 0 aliphatic carbocycles. The van der Waals surface area contributed by atoms with Crippen LogP contribution >= 0.6 is 11.8 Å². The first-order chi connectivity index (χ1) is 17.0. The largest absolute Gasteiger partial charge is 0.463 e. The molecule has 1 aliphatic rings. The first-order valence-corrected chi connectivity index (χ1v) is 11.8. The number of thioether (sulfide) groups is 1. The molecule has 5 rings (SSSR count). The van der Waals surface area contributed by atoms with Gasteiger partial charge in [-0.25, -0.2) is 4.79 Å². The van der Waals surface area contributed by atoms with Gasteiger partial charge in [0.05, 0.1) is 18.6 Å². The predicted molar refractivity (Wildman–Crippen MR) is 134 cm³/mol. The quantitative estimate of drug-likeness (QED) is 0.260. The Morgan fingerprint density at radius 2 is 1.74 bits per heavy atom. The maximum Gasteiger partial charge on any atom is 0.373 e. The number of hydrogen-bond acceptors (Lipinski definition) is 6. The van der Waals surface area contributed by atoms with E-state index in [4.69, 9.17) is 4.42 Å². The maximum absolute atomic E-state index is 13.1. The molecule has 176 valence electrons. The van der Waals surface area contributed by atoms with Gasteiger partial charge < -0.3 is 13.7 Å². The number of carbonyl (C=O) groups is 3. The molecule has 0 saturated carbocycles. The molecule has 0 radical (unpaired) electrons. The molecule has 0 bridgehead atoms. The standard InChI is InChI=1S/C27H22N2O5S/c1-17-21(20-10-6-7-11-22(20)28(17)15-18-8-4-3-5-9-18)14-24-25(30)29(27(32)35-24)16-19-12-13-23(34-19)26(31)33-2/h3-14H,15-16H2,1-2H3. The summed E-state index contributed by atoms with van der Waals surface area (Å²) in [5, 5.41) is 0.629. The lowest BCUT2D eigenvalue weighted by atomic mass is 10.1. The predicted octanol–water partition coefficient (Wildman–Crippen LogP) is 5.61. The highest BCUT2D eigenvalue weighted by Gasteiger charge is 2.36. The maximum atomic E-state index is 13.1. The lowest BCUT2D eigenvalue weighted by molar-refractivity contribution is -0.123. The zero-order valence-electron chi connectivity index (χ0n) is 19.2. The average molecular weight is 487 g/mol. The minimum absolute atomic E-state index is 0.0202. The summed E-state index contributed by atoms with van der Waals surface area (Å²) in [6.07, 6.45) is 1.80. The zero-order valence-corrected chi connectivity index (χ0v) is 20.0. The highest BCUT2D eigenvalue weighted by molar-refractivity contribution is 8.18. The lowest BCUT2D eigenvalue weighted by Gasteiger charge is -2.10. The lowest BCUT2D eigenvalue weighted by Crippen LogP contribution is -2.27. The number of benzene rings is 2. The third-order valence-electron chi connectivity index (χ3n) is 5.97. The molecule has 4 aromatic rings. The van der Waals surface area contributed by atoms with E-state index in [1.165, 1.54) is 18.7 Å². The normalized spacial score (nSPS) is 14.9. The number of hydrogen-bond donors (Lipinski definition) is 0. The van der Waals surface area contributed by atoms with Crippen molar-refractivity contribution in [2.45, 2.75) is 20.0 Å². The SMILES string of the molecule is COC(=O)c1ccc(CN2C(=O)SC(=Cc3c(C)n(Cc4ccccc4)c4ccccc34)C2=O)o1. The van der Waals surface area contributed by atoms with Gasteiger partial charge in [-0.15, -0.1) is 0 Å². The molecule has 0 atom stereocenters. The van der Waals surface area contributed by atoms with E-state index in [-0.39, 0.29) is 17.5 Å². The highest BCUT2D eigenvalue weighted by Crippen LogP contribution is 2.36. The van der Waals surface area contributed by atoms with Crippen molar-refractivity contribution < 1.29 is 23.5 Å². The van der Waals surface area contributed by atoms with Gasteiger partial charge in [0.25, 0.3) is 11.1 Å². The topological polar surface area (TPSA) is 81.8 Å². The smallest absolute Gasteiger partial charge is 0.373 e. The third kappa shape index (κ3) is 4.28. The number of ether oxygens (including phenoxy) is 1. The summed E-state index contributed by atoms with van der Waals surface area (Å²) in [5.74, 6) is -0.667. The minimum Gasteiger partial charge on any atom is -0.463 e. The van der Waals surface area contributed by atoms with Gasteiger partial charge in [-0.3, -0.25) is 14.5 Å². The monoisotopic (exact) mass is 486 g/mol. The molecule has 7 nitrogen and oxygen atoms in total. The van der Waals surface area contributed by atoms with Crippen molar-refractivity contribution in [3.05, 3.63) is 100.0 Å². The van der Waals surface area contributed by atoms with Gasteiger partial charge >= 0.3 is 5.97 Å². The number of imide groups is 1.